The van der Waals surface area contributed by atoms with Crippen LogP contribution in [0.5, 0.6) is 5.75 Å². The van der Waals surface area contributed by atoms with Crippen LogP contribution < -0.4 is 15.4 Å². The summed E-state index contributed by atoms with van der Waals surface area (Å²) in [6, 6.07) is 7.15. The van der Waals surface area contributed by atoms with Gasteiger partial charge in [-0.05, 0) is 37.5 Å². The number of rotatable bonds is 9. The molecule has 0 unspecified atom stereocenters. The van der Waals surface area contributed by atoms with E-state index in [2.05, 4.69) is 27.2 Å². The smallest absolute Gasteiger partial charge is 0.410 e. The maximum absolute atomic E-state index is 14.9. The number of ether oxygens (including phenoxy) is 2. The summed E-state index contributed by atoms with van der Waals surface area (Å²) in [6.45, 7) is 6.82. The Kier molecular flexibility index (Phi) is 7.36. The zero-order valence-electron chi connectivity index (χ0n) is 20.7. The average molecular weight is 536 g/mol. The van der Waals surface area contributed by atoms with Crippen LogP contribution in [0.3, 0.4) is 0 Å². The fourth-order valence-electron chi connectivity index (χ4n) is 3.75. The van der Waals surface area contributed by atoms with Crippen molar-refractivity contribution in [2.45, 2.75) is 32.4 Å². The Hall–Kier alpha value is -4.25. The Bertz CT molecular complexity index is 1450. The van der Waals surface area contributed by atoms with Gasteiger partial charge in [-0.15, -0.1) is 11.3 Å². The van der Waals surface area contributed by atoms with E-state index in [1.807, 2.05) is 18.2 Å². The quantitative estimate of drug-likeness (QED) is 0.280. The lowest BCUT2D eigenvalue weighted by atomic mass is 10.2. The van der Waals surface area contributed by atoms with Crippen molar-refractivity contribution in [2.24, 2.45) is 0 Å². The highest BCUT2D eigenvalue weighted by atomic mass is 32.1. The largest absolute Gasteiger partial charge is 0.453 e. The molecule has 4 heterocycles. The van der Waals surface area contributed by atoms with E-state index in [4.69, 9.17) is 9.47 Å². The molecule has 0 aromatic carbocycles. The summed E-state index contributed by atoms with van der Waals surface area (Å²) in [5, 5.41) is 5.41. The first kappa shape index (κ1) is 25.4. The SMILES string of the molecule is C=C(Oc1ccnc2cc(-c3ccc(CN4CCOC4=O)cn3)sc12)/C(F)=C\C(=C/C)NC(=O)NC1CC1. The van der Waals surface area contributed by atoms with E-state index < -0.39 is 5.83 Å². The van der Waals surface area contributed by atoms with Crippen LogP contribution in [0.1, 0.15) is 25.3 Å². The maximum Gasteiger partial charge on any atom is 0.410 e. The van der Waals surface area contributed by atoms with Gasteiger partial charge in [-0.2, -0.15) is 0 Å². The monoisotopic (exact) mass is 535 g/mol. The number of halogens is 1. The molecule has 1 saturated carbocycles. The fraction of sp³-hybridized carbons (Fsp3) is 0.259. The second kappa shape index (κ2) is 11.0. The number of hydrogen-bond acceptors (Lipinski definition) is 7. The van der Waals surface area contributed by atoms with Gasteiger partial charge in [0.15, 0.2) is 11.6 Å². The highest BCUT2D eigenvalue weighted by Gasteiger charge is 2.24. The van der Waals surface area contributed by atoms with E-state index in [0.29, 0.717) is 36.7 Å². The number of urea groups is 1. The summed E-state index contributed by atoms with van der Waals surface area (Å²) in [7, 11) is 0. The number of cyclic esters (lactones) is 1. The molecule has 3 aromatic rings. The van der Waals surface area contributed by atoms with Gasteiger partial charge < -0.3 is 25.0 Å². The number of pyridine rings is 2. The van der Waals surface area contributed by atoms with Crippen molar-refractivity contribution >= 4 is 33.7 Å². The molecular formula is C27H26FN5O4S. The van der Waals surface area contributed by atoms with Gasteiger partial charge in [0.1, 0.15) is 12.4 Å². The van der Waals surface area contributed by atoms with Crippen LogP contribution in [0.2, 0.25) is 0 Å². The van der Waals surface area contributed by atoms with Crippen molar-refractivity contribution in [3.63, 3.8) is 0 Å². The van der Waals surface area contributed by atoms with Crippen LogP contribution in [0.4, 0.5) is 14.0 Å². The van der Waals surface area contributed by atoms with Crippen molar-refractivity contribution in [2.75, 3.05) is 13.2 Å². The minimum absolute atomic E-state index is 0.189. The van der Waals surface area contributed by atoms with Crippen molar-refractivity contribution in [1.29, 1.82) is 0 Å². The van der Waals surface area contributed by atoms with Crippen molar-refractivity contribution in [3.8, 4) is 16.3 Å². The molecule has 9 nitrogen and oxygen atoms in total. The predicted octanol–water partition coefficient (Wildman–Crippen LogP) is 5.42. The third-order valence-corrected chi connectivity index (χ3v) is 7.10. The van der Waals surface area contributed by atoms with Crippen LogP contribution >= 0.6 is 11.3 Å². The summed E-state index contributed by atoms with van der Waals surface area (Å²) in [6.07, 6.45) is 7.66. The summed E-state index contributed by atoms with van der Waals surface area (Å²) in [5.41, 5.74) is 2.61. The molecule has 5 rings (SSSR count). The molecule has 0 atom stereocenters. The molecule has 0 bridgehead atoms. The number of carbonyl (C=O) groups is 2. The number of allylic oxidation sites excluding steroid dienone is 3. The number of fused-ring (bicyclic) bond motifs is 1. The van der Waals surface area contributed by atoms with E-state index in [-0.39, 0.29) is 23.9 Å². The van der Waals surface area contributed by atoms with Gasteiger partial charge in [-0.3, -0.25) is 9.97 Å². The molecule has 0 spiro atoms. The average Bonchev–Trinajstić information content (AvgIpc) is 3.45. The number of carbonyl (C=O) groups excluding carboxylic acids is 2. The zero-order chi connectivity index (χ0) is 26.6. The number of thiophene rings is 1. The Morgan fingerprint density at radius 1 is 1.34 bits per heavy atom. The van der Waals surface area contributed by atoms with Gasteiger partial charge in [0, 0.05) is 36.3 Å². The molecule has 2 N–H and O–H groups in total. The minimum Gasteiger partial charge on any atom is -0.453 e. The maximum atomic E-state index is 14.9. The molecule has 2 aliphatic rings. The van der Waals surface area contributed by atoms with Crippen molar-refractivity contribution in [1.82, 2.24) is 25.5 Å². The molecule has 38 heavy (non-hydrogen) atoms. The standard InChI is InChI=1S/C27H26FN5O4S/c1-3-18(31-26(34)32-19-5-6-19)12-20(28)16(2)37-23-8-9-29-22-13-24(38-25(22)23)21-7-4-17(14-30-21)15-33-10-11-36-27(33)35/h3-4,7-9,12-14,19H,2,5-6,10-11,15H2,1H3,(H2,31,32,34)/b18-3+,20-12+. The third-order valence-electron chi connectivity index (χ3n) is 5.93. The van der Waals surface area contributed by atoms with E-state index >= 15 is 0 Å². The first-order chi connectivity index (χ1) is 18.4. The van der Waals surface area contributed by atoms with E-state index in [9.17, 15) is 14.0 Å². The lowest BCUT2D eigenvalue weighted by Crippen LogP contribution is -2.35. The number of nitrogens with one attached hydrogen (secondary N) is 2. The van der Waals surface area contributed by atoms with Gasteiger partial charge in [0.2, 0.25) is 0 Å². The Morgan fingerprint density at radius 3 is 2.87 bits per heavy atom. The summed E-state index contributed by atoms with van der Waals surface area (Å²) in [4.78, 5) is 35.1. The molecule has 0 radical (unpaired) electrons. The van der Waals surface area contributed by atoms with Crippen molar-refractivity contribution in [3.05, 3.63) is 78.2 Å². The second-order valence-electron chi connectivity index (χ2n) is 8.86. The molecule has 11 heteroatoms. The number of hydrogen-bond donors (Lipinski definition) is 2. The molecule has 1 aliphatic heterocycles. The van der Waals surface area contributed by atoms with Gasteiger partial charge in [-0.1, -0.05) is 18.7 Å². The molecule has 196 valence electrons. The second-order valence-corrected chi connectivity index (χ2v) is 9.91. The van der Waals surface area contributed by atoms with Crippen LogP contribution in [-0.2, 0) is 11.3 Å². The lowest BCUT2D eigenvalue weighted by molar-refractivity contribution is 0.157. The first-order valence-electron chi connectivity index (χ1n) is 12.1. The van der Waals surface area contributed by atoms with Crippen LogP contribution in [0.25, 0.3) is 20.8 Å². The van der Waals surface area contributed by atoms with E-state index in [1.54, 1.807) is 36.4 Å². The Balaban J connectivity index is 1.27. The Labute approximate surface area is 222 Å². The molecule has 3 aromatic heterocycles. The lowest BCUT2D eigenvalue weighted by Gasteiger charge is -2.12. The van der Waals surface area contributed by atoms with Crippen LogP contribution in [0, 0.1) is 0 Å². The fourth-order valence-corrected chi connectivity index (χ4v) is 4.79. The van der Waals surface area contributed by atoms with Crippen molar-refractivity contribution < 1.29 is 23.5 Å². The van der Waals surface area contributed by atoms with Crippen LogP contribution in [0.15, 0.2) is 72.7 Å². The van der Waals surface area contributed by atoms with Gasteiger partial charge >= 0.3 is 12.1 Å². The molecule has 1 saturated heterocycles. The summed E-state index contributed by atoms with van der Waals surface area (Å²) >= 11 is 1.41. The van der Waals surface area contributed by atoms with Gasteiger partial charge in [-0.25, -0.2) is 14.0 Å². The van der Waals surface area contributed by atoms with E-state index in [1.165, 1.54) is 17.4 Å². The molecule has 2 fully saturated rings. The Morgan fingerprint density at radius 2 is 2.18 bits per heavy atom. The topological polar surface area (TPSA) is 106 Å². The minimum atomic E-state index is -0.717. The van der Waals surface area contributed by atoms with Gasteiger partial charge in [0.05, 0.1) is 33.9 Å². The molecule has 3 amide bonds. The zero-order valence-corrected chi connectivity index (χ0v) is 21.5. The highest BCUT2D eigenvalue weighted by Crippen LogP contribution is 2.38. The van der Waals surface area contributed by atoms with Crippen LogP contribution in [-0.4, -0.2) is 46.2 Å². The number of aromatic nitrogens is 2. The van der Waals surface area contributed by atoms with Gasteiger partial charge in [0.25, 0.3) is 0 Å². The van der Waals surface area contributed by atoms with E-state index in [0.717, 1.165) is 33.7 Å². The normalized spacial score (nSPS) is 15.9. The summed E-state index contributed by atoms with van der Waals surface area (Å²) in [5.74, 6) is -0.504. The summed E-state index contributed by atoms with van der Waals surface area (Å²) < 4.78 is 26.4. The third kappa shape index (κ3) is 6.00. The molecule has 1 aliphatic carbocycles. The number of nitrogens with zero attached hydrogens (tertiary/aromatic N) is 3. The number of amides is 3. The predicted molar refractivity (Wildman–Crippen MR) is 142 cm³/mol. The first-order valence-corrected chi connectivity index (χ1v) is 12.9. The highest BCUT2D eigenvalue weighted by molar-refractivity contribution is 7.22. The molecular weight excluding hydrogens is 509 g/mol.